The van der Waals surface area contributed by atoms with Gasteiger partial charge in [0.05, 0.1) is 6.54 Å². The number of carbonyl (C=O) groups excluding carboxylic acids is 2. The lowest BCUT2D eigenvalue weighted by molar-refractivity contribution is -0.127. The average Bonchev–Trinajstić information content (AvgIpc) is 2.65. The van der Waals surface area contributed by atoms with Gasteiger partial charge in [0.1, 0.15) is 5.75 Å². The van der Waals surface area contributed by atoms with Crippen molar-refractivity contribution in [3.63, 3.8) is 0 Å². The van der Waals surface area contributed by atoms with Crippen LogP contribution in [-0.4, -0.2) is 31.0 Å². The van der Waals surface area contributed by atoms with Crippen LogP contribution in [0.25, 0.3) is 0 Å². The summed E-state index contributed by atoms with van der Waals surface area (Å²) in [6.45, 7) is 1.80. The van der Waals surface area contributed by atoms with Gasteiger partial charge in [-0.1, -0.05) is 48.5 Å². The van der Waals surface area contributed by atoms with E-state index in [9.17, 15) is 9.59 Å². The maximum Gasteiger partial charge on any atom is 0.258 e. The van der Waals surface area contributed by atoms with Gasteiger partial charge in [-0.15, -0.1) is 0 Å². The maximum atomic E-state index is 11.9. The van der Waals surface area contributed by atoms with E-state index in [1.54, 1.807) is 12.1 Å². The second kappa shape index (κ2) is 10.1. The number of ether oxygens (including phenoxy) is 1. The summed E-state index contributed by atoms with van der Waals surface area (Å²) < 4.78 is 5.32. The van der Waals surface area contributed by atoms with Gasteiger partial charge in [0.15, 0.2) is 6.61 Å². The summed E-state index contributed by atoms with van der Waals surface area (Å²) in [5.41, 5.74) is 1.25. The molecule has 0 saturated heterocycles. The molecule has 0 spiro atoms. The van der Waals surface area contributed by atoms with Crippen molar-refractivity contribution in [3.05, 3.63) is 66.2 Å². The van der Waals surface area contributed by atoms with Gasteiger partial charge in [-0.3, -0.25) is 9.59 Å². The van der Waals surface area contributed by atoms with Crippen LogP contribution in [0.1, 0.15) is 18.9 Å². The monoisotopic (exact) mass is 340 g/mol. The van der Waals surface area contributed by atoms with Gasteiger partial charge in [-0.05, 0) is 37.5 Å². The molecule has 25 heavy (non-hydrogen) atoms. The van der Waals surface area contributed by atoms with Crippen LogP contribution in [-0.2, 0) is 16.0 Å². The molecule has 5 heteroatoms. The highest BCUT2D eigenvalue weighted by Crippen LogP contribution is 2.07. The van der Waals surface area contributed by atoms with Gasteiger partial charge >= 0.3 is 0 Å². The molecule has 0 unspecified atom stereocenters. The van der Waals surface area contributed by atoms with Crippen molar-refractivity contribution in [2.75, 3.05) is 13.2 Å². The van der Waals surface area contributed by atoms with Crippen LogP contribution in [0.5, 0.6) is 5.75 Å². The van der Waals surface area contributed by atoms with Crippen LogP contribution >= 0.6 is 0 Å². The number of hydrogen-bond acceptors (Lipinski definition) is 3. The molecule has 5 nitrogen and oxygen atoms in total. The molecule has 0 aliphatic heterocycles. The smallest absolute Gasteiger partial charge is 0.258 e. The second-order valence-electron chi connectivity index (χ2n) is 5.87. The van der Waals surface area contributed by atoms with Crippen molar-refractivity contribution in [1.29, 1.82) is 0 Å². The first-order chi connectivity index (χ1) is 12.1. The van der Waals surface area contributed by atoms with E-state index in [0.29, 0.717) is 5.75 Å². The van der Waals surface area contributed by atoms with E-state index in [2.05, 4.69) is 22.8 Å². The summed E-state index contributed by atoms with van der Waals surface area (Å²) in [6.07, 6.45) is 1.75. The third-order valence-electron chi connectivity index (χ3n) is 3.68. The van der Waals surface area contributed by atoms with Crippen LogP contribution in [0.2, 0.25) is 0 Å². The molecule has 0 aliphatic rings. The van der Waals surface area contributed by atoms with Gasteiger partial charge in [0.25, 0.3) is 5.91 Å². The predicted molar refractivity (Wildman–Crippen MR) is 97.3 cm³/mol. The zero-order valence-electron chi connectivity index (χ0n) is 14.4. The van der Waals surface area contributed by atoms with Crippen LogP contribution in [0.3, 0.4) is 0 Å². The molecule has 0 fully saturated rings. The van der Waals surface area contributed by atoms with Crippen LogP contribution in [0.4, 0.5) is 0 Å². The molecule has 2 amide bonds. The summed E-state index contributed by atoms with van der Waals surface area (Å²) >= 11 is 0. The molecule has 2 aromatic rings. The summed E-state index contributed by atoms with van der Waals surface area (Å²) in [4.78, 5) is 23.6. The Balaban J connectivity index is 1.60. The summed E-state index contributed by atoms with van der Waals surface area (Å²) in [5.74, 6) is 0.0983. The molecule has 2 rings (SSSR count). The first-order valence-corrected chi connectivity index (χ1v) is 8.41. The normalized spacial score (nSPS) is 11.4. The van der Waals surface area contributed by atoms with Crippen LogP contribution < -0.4 is 15.4 Å². The first kappa shape index (κ1) is 18.5. The van der Waals surface area contributed by atoms with E-state index in [1.165, 1.54) is 5.56 Å². The Kier molecular flexibility index (Phi) is 7.50. The number of amides is 2. The highest BCUT2D eigenvalue weighted by atomic mass is 16.5. The minimum absolute atomic E-state index is 0.0465. The topological polar surface area (TPSA) is 67.4 Å². The molecule has 0 bridgehead atoms. The van der Waals surface area contributed by atoms with Gasteiger partial charge in [0, 0.05) is 6.04 Å². The van der Waals surface area contributed by atoms with Gasteiger partial charge in [0.2, 0.25) is 5.91 Å². The molecule has 0 heterocycles. The lowest BCUT2D eigenvalue weighted by atomic mass is 10.1. The van der Waals surface area contributed by atoms with Gasteiger partial charge < -0.3 is 15.4 Å². The SMILES string of the molecule is C[C@H](CCc1ccccc1)NC(=O)CNC(=O)COc1ccccc1. The number of para-hydroxylation sites is 1. The molecular weight excluding hydrogens is 316 g/mol. The van der Waals surface area contributed by atoms with Crippen molar-refractivity contribution >= 4 is 11.8 Å². The fourth-order valence-electron chi connectivity index (χ4n) is 2.32. The Labute approximate surface area is 148 Å². The number of benzene rings is 2. The van der Waals surface area contributed by atoms with E-state index in [0.717, 1.165) is 12.8 Å². The van der Waals surface area contributed by atoms with E-state index in [4.69, 9.17) is 4.74 Å². The van der Waals surface area contributed by atoms with Gasteiger partial charge in [-0.25, -0.2) is 0 Å². The molecule has 2 N–H and O–H groups in total. The Morgan fingerprint density at radius 3 is 2.28 bits per heavy atom. The minimum Gasteiger partial charge on any atom is -0.484 e. The average molecular weight is 340 g/mol. The minimum atomic E-state index is -0.323. The number of aryl methyl sites for hydroxylation is 1. The number of hydrogen-bond donors (Lipinski definition) is 2. The molecule has 0 saturated carbocycles. The van der Waals surface area contributed by atoms with Crippen molar-refractivity contribution in [2.24, 2.45) is 0 Å². The summed E-state index contributed by atoms with van der Waals surface area (Å²) in [5, 5.41) is 5.44. The zero-order chi connectivity index (χ0) is 17.9. The van der Waals surface area contributed by atoms with Crippen molar-refractivity contribution < 1.29 is 14.3 Å². The Morgan fingerprint density at radius 1 is 0.960 bits per heavy atom. The van der Waals surface area contributed by atoms with Crippen LogP contribution in [0, 0.1) is 0 Å². The third-order valence-corrected chi connectivity index (χ3v) is 3.68. The number of rotatable bonds is 9. The van der Waals surface area contributed by atoms with Crippen molar-refractivity contribution in [1.82, 2.24) is 10.6 Å². The molecule has 1 atom stereocenters. The molecule has 2 aromatic carbocycles. The number of nitrogens with one attached hydrogen (secondary N) is 2. The third kappa shape index (κ3) is 7.52. The van der Waals surface area contributed by atoms with Crippen LogP contribution in [0.15, 0.2) is 60.7 Å². The lowest BCUT2D eigenvalue weighted by Gasteiger charge is -2.14. The van der Waals surface area contributed by atoms with E-state index in [1.807, 2.05) is 43.3 Å². The largest absolute Gasteiger partial charge is 0.484 e. The first-order valence-electron chi connectivity index (χ1n) is 8.41. The van der Waals surface area contributed by atoms with Gasteiger partial charge in [-0.2, -0.15) is 0 Å². The lowest BCUT2D eigenvalue weighted by Crippen LogP contribution is -2.42. The van der Waals surface area contributed by atoms with Crippen molar-refractivity contribution in [3.8, 4) is 5.75 Å². The molecular formula is C20H24N2O3. The fourth-order valence-corrected chi connectivity index (χ4v) is 2.32. The zero-order valence-corrected chi connectivity index (χ0v) is 14.4. The summed E-state index contributed by atoms with van der Waals surface area (Å²) in [7, 11) is 0. The van der Waals surface area contributed by atoms with E-state index < -0.39 is 0 Å². The highest BCUT2D eigenvalue weighted by molar-refractivity contribution is 5.85. The highest BCUT2D eigenvalue weighted by Gasteiger charge is 2.09. The molecule has 0 aliphatic carbocycles. The fraction of sp³-hybridized carbons (Fsp3) is 0.300. The second-order valence-corrected chi connectivity index (χ2v) is 5.87. The Morgan fingerprint density at radius 2 is 1.60 bits per heavy atom. The molecule has 0 aromatic heterocycles. The molecule has 132 valence electrons. The molecule has 0 radical (unpaired) electrons. The maximum absolute atomic E-state index is 11.9. The number of carbonyl (C=O) groups is 2. The predicted octanol–water partition coefficient (Wildman–Crippen LogP) is 2.32. The Bertz CT molecular complexity index is 659. The van der Waals surface area contributed by atoms with Crippen molar-refractivity contribution in [2.45, 2.75) is 25.8 Å². The van der Waals surface area contributed by atoms with E-state index >= 15 is 0 Å². The summed E-state index contributed by atoms with van der Waals surface area (Å²) in [6, 6.07) is 19.3. The standard InChI is InChI=1S/C20H24N2O3/c1-16(12-13-17-8-4-2-5-9-17)22-19(23)14-21-20(24)15-25-18-10-6-3-7-11-18/h2-11,16H,12-15H2,1H3,(H,21,24)(H,22,23)/t16-/m1/s1. The Hall–Kier alpha value is -2.82. The van der Waals surface area contributed by atoms with E-state index in [-0.39, 0.29) is 31.0 Å². The quantitative estimate of drug-likeness (QED) is 0.736.